The Labute approximate surface area is 105 Å². The Kier molecular flexibility index (Phi) is 5.85. The normalized spacial score (nSPS) is 26.4. The summed E-state index contributed by atoms with van der Waals surface area (Å²) >= 11 is 0. The Hall–Kier alpha value is -0.170. The van der Waals surface area contributed by atoms with E-state index < -0.39 is 10.2 Å². The maximum atomic E-state index is 11.4. The lowest BCUT2D eigenvalue weighted by Crippen LogP contribution is -2.38. The second-order valence-corrected chi connectivity index (χ2v) is 6.82. The van der Waals surface area contributed by atoms with Gasteiger partial charge in [0.1, 0.15) is 0 Å². The zero-order valence-electron chi connectivity index (χ0n) is 11.0. The van der Waals surface area contributed by atoms with Crippen molar-refractivity contribution in [3.63, 3.8) is 0 Å². The van der Waals surface area contributed by atoms with E-state index in [0.29, 0.717) is 25.2 Å². The molecule has 5 nitrogen and oxygen atoms in total. The van der Waals surface area contributed by atoms with Crippen LogP contribution in [0.4, 0.5) is 0 Å². The van der Waals surface area contributed by atoms with Gasteiger partial charge in [-0.3, -0.25) is 0 Å². The zero-order valence-corrected chi connectivity index (χ0v) is 11.8. The Bertz CT molecular complexity index is 317. The fourth-order valence-electron chi connectivity index (χ4n) is 2.04. The summed E-state index contributed by atoms with van der Waals surface area (Å²) in [6, 6.07) is 0. The first-order chi connectivity index (χ1) is 7.93. The fourth-order valence-corrected chi connectivity index (χ4v) is 2.64. The molecule has 0 aromatic heterocycles. The van der Waals surface area contributed by atoms with E-state index in [9.17, 15) is 8.42 Å². The van der Waals surface area contributed by atoms with Crippen LogP contribution in [0.2, 0.25) is 0 Å². The SMILES string of the molecule is CC1CCCCC1OCCNS(=O)(=O)N(C)C. The minimum atomic E-state index is -3.31. The van der Waals surface area contributed by atoms with Gasteiger partial charge in [0.25, 0.3) is 10.2 Å². The van der Waals surface area contributed by atoms with E-state index in [2.05, 4.69) is 11.6 Å². The standard InChI is InChI=1S/C11H24N2O3S/c1-10-6-4-5-7-11(10)16-9-8-12-17(14,15)13(2)3/h10-12H,4-9H2,1-3H3. The number of rotatable bonds is 6. The lowest BCUT2D eigenvalue weighted by Gasteiger charge is -2.28. The third-order valence-electron chi connectivity index (χ3n) is 3.23. The average Bonchev–Trinajstić information content (AvgIpc) is 2.26. The minimum absolute atomic E-state index is 0.299. The van der Waals surface area contributed by atoms with Gasteiger partial charge in [-0.1, -0.05) is 19.8 Å². The summed E-state index contributed by atoms with van der Waals surface area (Å²) in [7, 11) is -0.299. The topological polar surface area (TPSA) is 58.6 Å². The van der Waals surface area contributed by atoms with Crippen LogP contribution in [0.15, 0.2) is 0 Å². The maximum absolute atomic E-state index is 11.4. The van der Waals surface area contributed by atoms with Gasteiger partial charge in [-0.05, 0) is 18.8 Å². The summed E-state index contributed by atoms with van der Waals surface area (Å²) in [6.07, 6.45) is 5.12. The molecule has 102 valence electrons. The molecule has 0 heterocycles. The molecule has 0 bridgehead atoms. The lowest BCUT2D eigenvalue weighted by atomic mass is 9.88. The monoisotopic (exact) mass is 264 g/mol. The molecule has 1 N–H and O–H groups in total. The molecule has 1 fully saturated rings. The molecule has 1 rings (SSSR count). The average molecular weight is 264 g/mol. The predicted octanol–water partition coefficient (Wildman–Crippen LogP) is 0.978. The molecule has 1 saturated carbocycles. The van der Waals surface area contributed by atoms with Gasteiger partial charge >= 0.3 is 0 Å². The van der Waals surface area contributed by atoms with Crippen LogP contribution >= 0.6 is 0 Å². The van der Waals surface area contributed by atoms with Crippen LogP contribution in [0.5, 0.6) is 0 Å². The summed E-state index contributed by atoms with van der Waals surface area (Å²) in [6.45, 7) is 2.99. The van der Waals surface area contributed by atoms with Crippen LogP contribution in [0.1, 0.15) is 32.6 Å². The van der Waals surface area contributed by atoms with Crippen molar-refractivity contribution in [2.45, 2.75) is 38.7 Å². The van der Waals surface area contributed by atoms with Crippen molar-refractivity contribution < 1.29 is 13.2 Å². The molecule has 0 spiro atoms. The highest BCUT2D eigenvalue weighted by Gasteiger charge is 2.21. The quantitative estimate of drug-likeness (QED) is 0.728. The zero-order chi connectivity index (χ0) is 12.9. The maximum Gasteiger partial charge on any atom is 0.279 e. The van der Waals surface area contributed by atoms with Crippen LogP contribution in [0, 0.1) is 5.92 Å². The van der Waals surface area contributed by atoms with Gasteiger partial charge in [0, 0.05) is 20.6 Å². The van der Waals surface area contributed by atoms with Crippen LogP contribution in [0.3, 0.4) is 0 Å². The van der Waals surface area contributed by atoms with Crippen molar-refractivity contribution in [1.29, 1.82) is 0 Å². The Morgan fingerprint density at radius 1 is 1.29 bits per heavy atom. The summed E-state index contributed by atoms with van der Waals surface area (Å²) in [5, 5.41) is 0. The number of hydrogen-bond acceptors (Lipinski definition) is 3. The molecule has 0 aliphatic heterocycles. The molecule has 0 aromatic rings. The van der Waals surface area contributed by atoms with E-state index in [4.69, 9.17) is 4.74 Å². The largest absolute Gasteiger partial charge is 0.377 e. The van der Waals surface area contributed by atoms with Gasteiger partial charge in [0.2, 0.25) is 0 Å². The van der Waals surface area contributed by atoms with E-state index in [0.717, 1.165) is 10.7 Å². The molecule has 1 aliphatic carbocycles. The Morgan fingerprint density at radius 2 is 1.94 bits per heavy atom. The van der Waals surface area contributed by atoms with E-state index in [1.165, 1.54) is 33.4 Å². The molecule has 6 heteroatoms. The molecule has 1 aliphatic rings. The van der Waals surface area contributed by atoms with E-state index in [1.54, 1.807) is 0 Å². The molecule has 0 saturated heterocycles. The van der Waals surface area contributed by atoms with E-state index in [1.807, 2.05) is 0 Å². The molecule has 0 aromatic carbocycles. The highest BCUT2D eigenvalue weighted by atomic mass is 32.2. The predicted molar refractivity (Wildman–Crippen MR) is 68.0 cm³/mol. The number of nitrogens with zero attached hydrogens (tertiary/aromatic N) is 1. The first kappa shape index (κ1) is 14.9. The Morgan fingerprint density at radius 3 is 2.53 bits per heavy atom. The molecule has 2 atom stereocenters. The van der Waals surface area contributed by atoms with Gasteiger partial charge in [-0.15, -0.1) is 0 Å². The summed E-state index contributed by atoms with van der Waals surface area (Å²) < 4.78 is 32.2. The second kappa shape index (κ2) is 6.68. The molecular weight excluding hydrogens is 240 g/mol. The molecular formula is C11H24N2O3S. The van der Waals surface area contributed by atoms with Gasteiger partial charge < -0.3 is 4.74 Å². The Balaban J connectivity index is 2.20. The first-order valence-corrected chi connectivity index (χ1v) is 7.66. The van der Waals surface area contributed by atoms with Gasteiger partial charge in [0.15, 0.2) is 0 Å². The van der Waals surface area contributed by atoms with Crippen LogP contribution in [0.25, 0.3) is 0 Å². The molecule has 0 amide bonds. The van der Waals surface area contributed by atoms with Crippen molar-refractivity contribution in [1.82, 2.24) is 9.03 Å². The number of nitrogens with one attached hydrogen (secondary N) is 1. The smallest absolute Gasteiger partial charge is 0.279 e. The van der Waals surface area contributed by atoms with Crippen molar-refractivity contribution in [3.05, 3.63) is 0 Å². The summed E-state index contributed by atoms with van der Waals surface area (Å²) in [5.74, 6) is 0.592. The fraction of sp³-hybridized carbons (Fsp3) is 1.00. The van der Waals surface area contributed by atoms with Crippen LogP contribution in [-0.4, -0.2) is 46.1 Å². The van der Waals surface area contributed by atoms with Crippen LogP contribution < -0.4 is 4.72 Å². The van der Waals surface area contributed by atoms with Crippen molar-refractivity contribution in [3.8, 4) is 0 Å². The first-order valence-electron chi connectivity index (χ1n) is 6.22. The third-order valence-corrected chi connectivity index (χ3v) is 4.76. The van der Waals surface area contributed by atoms with Crippen molar-refractivity contribution in [2.75, 3.05) is 27.2 Å². The highest BCUT2D eigenvalue weighted by Crippen LogP contribution is 2.25. The third kappa shape index (κ3) is 4.91. The number of hydrogen-bond donors (Lipinski definition) is 1. The van der Waals surface area contributed by atoms with Gasteiger partial charge in [0.05, 0.1) is 12.7 Å². The van der Waals surface area contributed by atoms with Crippen molar-refractivity contribution in [2.24, 2.45) is 5.92 Å². The second-order valence-electron chi connectivity index (χ2n) is 4.85. The molecule has 17 heavy (non-hydrogen) atoms. The van der Waals surface area contributed by atoms with E-state index >= 15 is 0 Å². The van der Waals surface area contributed by atoms with Gasteiger partial charge in [-0.25, -0.2) is 0 Å². The summed E-state index contributed by atoms with van der Waals surface area (Å²) in [4.78, 5) is 0. The minimum Gasteiger partial charge on any atom is -0.377 e. The molecule has 0 radical (unpaired) electrons. The van der Waals surface area contributed by atoms with E-state index in [-0.39, 0.29) is 0 Å². The number of ether oxygens (including phenoxy) is 1. The summed E-state index contributed by atoms with van der Waals surface area (Å²) in [5.41, 5.74) is 0. The molecule has 2 unspecified atom stereocenters. The van der Waals surface area contributed by atoms with Gasteiger partial charge in [-0.2, -0.15) is 17.4 Å². The van der Waals surface area contributed by atoms with Crippen molar-refractivity contribution >= 4 is 10.2 Å². The van der Waals surface area contributed by atoms with Crippen LogP contribution in [-0.2, 0) is 14.9 Å². The lowest BCUT2D eigenvalue weighted by molar-refractivity contribution is -0.00183. The highest BCUT2D eigenvalue weighted by molar-refractivity contribution is 7.87.